The van der Waals surface area contributed by atoms with Gasteiger partial charge in [-0.2, -0.15) is 0 Å². The summed E-state index contributed by atoms with van der Waals surface area (Å²) in [5, 5.41) is 7.47. The zero-order valence-corrected chi connectivity index (χ0v) is 14.1. The first kappa shape index (κ1) is 14.3. The first-order valence-corrected chi connectivity index (χ1v) is 8.90. The second kappa shape index (κ2) is 6.05. The van der Waals surface area contributed by atoms with Gasteiger partial charge in [-0.25, -0.2) is 19.9 Å². The first-order chi connectivity index (χ1) is 11.3. The lowest BCUT2D eigenvalue weighted by Gasteiger charge is -2.19. The van der Waals surface area contributed by atoms with Crippen LogP contribution < -0.4 is 10.2 Å². The lowest BCUT2D eigenvalue weighted by atomic mass is 10.4. The Hall–Kier alpha value is -2.32. The molecule has 0 atom stereocenters. The molecule has 0 saturated heterocycles. The molecule has 8 heteroatoms. The van der Waals surface area contributed by atoms with E-state index in [4.69, 9.17) is 0 Å². The minimum Gasteiger partial charge on any atom is -0.367 e. The van der Waals surface area contributed by atoms with E-state index in [2.05, 4.69) is 30.2 Å². The lowest BCUT2D eigenvalue weighted by Crippen LogP contribution is -2.25. The first-order valence-electron chi connectivity index (χ1n) is 7.14. The van der Waals surface area contributed by atoms with Gasteiger partial charge in [0.05, 0.1) is 20.4 Å². The molecule has 0 fully saturated rings. The number of anilines is 2. The van der Waals surface area contributed by atoms with Crippen molar-refractivity contribution in [2.75, 3.05) is 30.4 Å². The summed E-state index contributed by atoms with van der Waals surface area (Å²) in [5.41, 5.74) is 1.98. The normalized spacial score (nSPS) is 11.2. The number of nitrogens with one attached hydrogen (secondary N) is 1. The van der Waals surface area contributed by atoms with Gasteiger partial charge in [0, 0.05) is 20.1 Å². The van der Waals surface area contributed by atoms with Gasteiger partial charge in [0.15, 0.2) is 0 Å². The second-order valence-electron chi connectivity index (χ2n) is 5.04. The molecular weight excluding hydrogens is 328 g/mol. The van der Waals surface area contributed by atoms with Crippen molar-refractivity contribution in [3.8, 4) is 0 Å². The Morgan fingerprint density at radius 3 is 2.48 bits per heavy atom. The molecule has 0 aliphatic heterocycles. The van der Waals surface area contributed by atoms with Gasteiger partial charge in [0.25, 0.3) is 0 Å². The summed E-state index contributed by atoms with van der Waals surface area (Å²) >= 11 is 3.32. The molecule has 0 saturated carbocycles. The molecule has 0 aliphatic rings. The van der Waals surface area contributed by atoms with Gasteiger partial charge in [-0.15, -0.1) is 22.7 Å². The van der Waals surface area contributed by atoms with E-state index in [0.29, 0.717) is 0 Å². The number of hydrogen-bond donors (Lipinski definition) is 1. The van der Waals surface area contributed by atoms with Crippen molar-refractivity contribution < 1.29 is 0 Å². The molecule has 0 unspecified atom stereocenters. The van der Waals surface area contributed by atoms with Crippen molar-refractivity contribution >= 4 is 54.7 Å². The largest absolute Gasteiger partial charge is 0.367 e. The SMILES string of the molecule is CN(CCNc1ncnc2ccsc12)c1ncnc2ccsc12. The molecule has 0 aromatic carbocycles. The van der Waals surface area contributed by atoms with Crippen molar-refractivity contribution in [2.45, 2.75) is 0 Å². The van der Waals surface area contributed by atoms with Crippen LogP contribution in [0.15, 0.2) is 35.5 Å². The highest BCUT2D eigenvalue weighted by Gasteiger charge is 2.10. The second-order valence-corrected chi connectivity index (χ2v) is 6.87. The molecular formula is C15H14N6S2. The Labute approximate surface area is 140 Å². The van der Waals surface area contributed by atoms with Crippen LogP contribution in [0, 0.1) is 0 Å². The number of aromatic nitrogens is 4. The van der Waals surface area contributed by atoms with E-state index < -0.39 is 0 Å². The summed E-state index contributed by atoms with van der Waals surface area (Å²) in [4.78, 5) is 19.4. The Bertz CT molecular complexity index is 947. The summed E-state index contributed by atoms with van der Waals surface area (Å²) in [5.74, 6) is 1.86. The maximum atomic E-state index is 4.42. The van der Waals surface area contributed by atoms with Crippen LogP contribution in [0.4, 0.5) is 11.6 Å². The predicted molar refractivity (Wildman–Crippen MR) is 96.6 cm³/mol. The standard InChI is InChI=1S/C15H14N6S2/c1-21(15-13-11(3-7-23-13)18-9-20-15)5-4-16-14-12-10(2-6-22-12)17-8-19-14/h2-3,6-9H,4-5H2,1H3,(H,16,17,19). The van der Waals surface area contributed by atoms with Gasteiger partial charge in [-0.05, 0) is 22.9 Å². The fraction of sp³-hybridized carbons (Fsp3) is 0.200. The van der Waals surface area contributed by atoms with Crippen LogP contribution in [-0.4, -0.2) is 40.1 Å². The third-order valence-corrected chi connectivity index (χ3v) is 5.38. The zero-order valence-electron chi connectivity index (χ0n) is 12.4. The average molecular weight is 342 g/mol. The minimum absolute atomic E-state index is 0.775. The van der Waals surface area contributed by atoms with Crippen LogP contribution in [0.3, 0.4) is 0 Å². The quantitative estimate of drug-likeness (QED) is 0.600. The van der Waals surface area contributed by atoms with Gasteiger partial charge in [0.1, 0.15) is 24.3 Å². The summed E-state index contributed by atoms with van der Waals surface area (Å²) in [6.07, 6.45) is 3.22. The van der Waals surface area contributed by atoms with Gasteiger partial charge in [0.2, 0.25) is 0 Å². The lowest BCUT2D eigenvalue weighted by molar-refractivity contribution is 0.894. The Morgan fingerprint density at radius 2 is 1.65 bits per heavy atom. The number of likely N-dealkylation sites (N-methyl/N-ethyl adjacent to an activating group) is 1. The Balaban J connectivity index is 1.47. The predicted octanol–water partition coefficient (Wildman–Crippen LogP) is 3.24. The molecule has 6 nitrogen and oxygen atoms in total. The van der Waals surface area contributed by atoms with E-state index in [1.54, 1.807) is 35.3 Å². The molecule has 1 N–H and O–H groups in total. The van der Waals surface area contributed by atoms with Gasteiger partial charge < -0.3 is 10.2 Å². The molecule has 0 bridgehead atoms. The highest BCUT2D eigenvalue weighted by atomic mass is 32.1. The topological polar surface area (TPSA) is 66.8 Å². The monoisotopic (exact) mass is 342 g/mol. The number of fused-ring (bicyclic) bond motifs is 2. The van der Waals surface area contributed by atoms with Crippen LogP contribution in [-0.2, 0) is 0 Å². The summed E-state index contributed by atoms with van der Waals surface area (Å²) < 4.78 is 2.22. The van der Waals surface area contributed by atoms with Crippen LogP contribution in [0.5, 0.6) is 0 Å². The third-order valence-electron chi connectivity index (χ3n) is 3.57. The molecule has 0 radical (unpaired) electrons. The molecule has 4 heterocycles. The van der Waals surface area contributed by atoms with Crippen molar-refractivity contribution in [1.29, 1.82) is 0 Å². The molecule has 4 rings (SSSR count). The van der Waals surface area contributed by atoms with Gasteiger partial charge in [-0.1, -0.05) is 0 Å². The van der Waals surface area contributed by atoms with E-state index in [-0.39, 0.29) is 0 Å². The van der Waals surface area contributed by atoms with Crippen molar-refractivity contribution in [1.82, 2.24) is 19.9 Å². The van der Waals surface area contributed by atoms with E-state index >= 15 is 0 Å². The molecule has 116 valence electrons. The molecule has 23 heavy (non-hydrogen) atoms. The smallest absolute Gasteiger partial charge is 0.149 e. The van der Waals surface area contributed by atoms with E-state index in [1.807, 2.05) is 29.9 Å². The Kier molecular flexibility index (Phi) is 3.76. The fourth-order valence-electron chi connectivity index (χ4n) is 2.41. The molecule has 4 aromatic rings. The highest BCUT2D eigenvalue weighted by Crippen LogP contribution is 2.27. The van der Waals surface area contributed by atoms with Crippen molar-refractivity contribution in [2.24, 2.45) is 0 Å². The molecule has 0 amide bonds. The third kappa shape index (κ3) is 2.71. The summed E-state index contributed by atoms with van der Waals surface area (Å²) in [7, 11) is 2.05. The van der Waals surface area contributed by atoms with Gasteiger partial charge >= 0.3 is 0 Å². The summed E-state index contributed by atoms with van der Waals surface area (Å²) in [6.45, 7) is 1.60. The molecule has 0 aliphatic carbocycles. The maximum absolute atomic E-state index is 4.42. The van der Waals surface area contributed by atoms with E-state index in [0.717, 1.165) is 45.2 Å². The zero-order chi connectivity index (χ0) is 15.6. The van der Waals surface area contributed by atoms with Crippen LogP contribution >= 0.6 is 22.7 Å². The minimum atomic E-state index is 0.775. The van der Waals surface area contributed by atoms with Crippen molar-refractivity contribution in [3.05, 3.63) is 35.5 Å². The van der Waals surface area contributed by atoms with E-state index in [9.17, 15) is 0 Å². The number of hydrogen-bond acceptors (Lipinski definition) is 8. The highest BCUT2D eigenvalue weighted by molar-refractivity contribution is 7.18. The average Bonchev–Trinajstić information content (AvgIpc) is 3.23. The number of nitrogens with zero attached hydrogens (tertiary/aromatic N) is 5. The van der Waals surface area contributed by atoms with Crippen LogP contribution in [0.25, 0.3) is 20.4 Å². The maximum Gasteiger partial charge on any atom is 0.149 e. The molecule has 0 spiro atoms. The van der Waals surface area contributed by atoms with E-state index in [1.165, 1.54) is 0 Å². The Morgan fingerprint density at radius 1 is 0.957 bits per heavy atom. The molecule has 4 aromatic heterocycles. The number of thiophene rings is 2. The fourth-order valence-corrected chi connectivity index (χ4v) is 4.11. The number of rotatable bonds is 5. The van der Waals surface area contributed by atoms with Gasteiger partial charge in [-0.3, -0.25) is 0 Å². The van der Waals surface area contributed by atoms with Crippen LogP contribution in [0.1, 0.15) is 0 Å². The van der Waals surface area contributed by atoms with Crippen molar-refractivity contribution in [3.63, 3.8) is 0 Å². The van der Waals surface area contributed by atoms with Crippen LogP contribution in [0.2, 0.25) is 0 Å². The summed E-state index contributed by atoms with van der Waals surface area (Å²) in [6, 6.07) is 4.03.